The van der Waals surface area contributed by atoms with E-state index in [9.17, 15) is 4.79 Å². The van der Waals surface area contributed by atoms with Crippen LogP contribution in [0.15, 0.2) is 72.0 Å². The molecule has 0 heterocycles. The van der Waals surface area contributed by atoms with Crippen molar-refractivity contribution in [1.29, 1.82) is 0 Å². The molecule has 122 valence electrons. The van der Waals surface area contributed by atoms with Crippen molar-refractivity contribution in [3.63, 3.8) is 0 Å². The van der Waals surface area contributed by atoms with Crippen LogP contribution in [0, 0.1) is 6.92 Å². The third-order valence-corrected chi connectivity index (χ3v) is 3.52. The molecule has 0 unspecified atom stereocenters. The molecule has 3 N–H and O–H groups in total. The molecule has 0 atom stereocenters. The second-order valence-electron chi connectivity index (χ2n) is 5.51. The van der Waals surface area contributed by atoms with Crippen LogP contribution < -0.4 is 11.1 Å². The van der Waals surface area contributed by atoms with Crippen LogP contribution in [0.5, 0.6) is 0 Å². The summed E-state index contributed by atoms with van der Waals surface area (Å²) in [5.74, 6) is 0.0601. The number of hydrogen-bond acceptors (Lipinski definition) is 3. The molecule has 4 heteroatoms. The second kappa shape index (κ2) is 7.92. The first-order chi connectivity index (χ1) is 11.5. The van der Waals surface area contributed by atoms with Crippen LogP contribution in [0.25, 0.3) is 5.57 Å². The molecule has 0 aliphatic rings. The van der Waals surface area contributed by atoms with Crippen molar-refractivity contribution in [2.45, 2.75) is 13.8 Å². The van der Waals surface area contributed by atoms with E-state index in [0.29, 0.717) is 11.4 Å². The number of anilines is 1. The molecular formula is C20H21N3O. The Hall–Kier alpha value is -3.14. The number of aliphatic imine (C=N–C) groups is 1. The molecule has 0 radical (unpaired) electrons. The highest BCUT2D eigenvalue weighted by atomic mass is 16.1. The van der Waals surface area contributed by atoms with Crippen molar-refractivity contribution in [2.75, 3.05) is 5.32 Å². The van der Waals surface area contributed by atoms with Gasteiger partial charge in [-0.05, 0) is 55.3 Å². The predicted molar refractivity (Wildman–Crippen MR) is 101 cm³/mol. The molecule has 2 rings (SSSR count). The third kappa shape index (κ3) is 4.95. The molecule has 0 saturated heterocycles. The average molecular weight is 319 g/mol. The van der Waals surface area contributed by atoms with E-state index in [1.807, 2.05) is 13.0 Å². The lowest BCUT2D eigenvalue weighted by molar-refractivity contribution is 0.100. The van der Waals surface area contributed by atoms with Crippen molar-refractivity contribution in [3.05, 3.63) is 83.7 Å². The van der Waals surface area contributed by atoms with Crippen molar-refractivity contribution in [2.24, 2.45) is 10.7 Å². The van der Waals surface area contributed by atoms with Crippen LogP contribution in [-0.4, -0.2) is 12.1 Å². The van der Waals surface area contributed by atoms with Gasteiger partial charge in [-0.15, -0.1) is 0 Å². The van der Waals surface area contributed by atoms with E-state index in [2.05, 4.69) is 48.1 Å². The summed E-state index contributed by atoms with van der Waals surface area (Å²) >= 11 is 0. The Labute approximate surface area is 142 Å². The zero-order chi connectivity index (χ0) is 17.5. The molecule has 2 aromatic carbocycles. The van der Waals surface area contributed by atoms with Crippen molar-refractivity contribution in [3.8, 4) is 0 Å². The Kier molecular flexibility index (Phi) is 5.68. The topological polar surface area (TPSA) is 67.5 Å². The van der Waals surface area contributed by atoms with Crippen LogP contribution in [-0.2, 0) is 0 Å². The number of nitrogens with one attached hydrogen (secondary N) is 1. The van der Waals surface area contributed by atoms with Gasteiger partial charge in [-0.25, -0.2) is 4.99 Å². The van der Waals surface area contributed by atoms with Gasteiger partial charge in [0.05, 0.1) is 0 Å². The molecule has 0 aromatic heterocycles. The monoisotopic (exact) mass is 319 g/mol. The summed E-state index contributed by atoms with van der Waals surface area (Å²) in [5, 5.41) is 3.06. The average Bonchev–Trinajstić information content (AvgIpc) is 2.55. The molecule has 2 aromatic rings. The maximum atomic E-state index is 11.0. The lowest BCUT2D eigenvalue weighted by Crippen LogP contribution is -2.10. The molecule has 1 amide bonds. The maximum absolute atomic E-state index is 11.0. The summed E-state index contributed by atoms with van der Waals surface area (Å²) in [6.45, 7) is 7.96. The lowest BCUT2D eigenvalue weighted by Gasteiger charge is -2.05. The summed E-state index contributed by atoms with van der Waals surface area (Å²) in [6, 6.07) is 15.2. The number of hydrogen-bond donors (Lipinski definition) is 2. The van der Waals surface area contributed by atoms with Crippen LogP contribution >= 0.6 is 0 Å². The fourth-order valence-corrected chi connectivity index (χ4v) is 2.07. The number of amides is 1. The van der Waals surface area contributed by atoms with E-state index < -0.39 is 5.91 Å². The SMILES string of the molecule is C=C(/N=C\C=C(/C)c1ccc(C)cc1)Nc1ccc(C(N)=O)cc1. The first-order valence-electron chi connectivity index (χ1n) is 7.59. The van der Waals surface area contributed by atoms with Crippen LogP contribution in [0.3, 0.4) is 0 Å². The Balaban J connectivity index is 1.96. The van der Waals surface area contributed by atoms with Crippen molar-refractivity contribution < 1.29 is 4.79 Å². The Morgan fingerprint density at radius 1 is 1.08 bits per heavy atom. The van der Waals surface area contributed by atoms with Crippen LogP contribution in [0.2, 0.25) is 0 Å². The van der Waals surface area contributed by atoms with Crippen molar-refractivity contribution >= 4 is 23.4 Å². The minimum absolute atomic E-state index is 0.449. The number of nitrogens with two attached hydrogens (primary N) is 1. The minimum Gasteiger partial charge on any atom is -0.366 e. The molecular weight excluding hydrogens is 298 g/mol. The Morgan fingerprint density at radius 2 is 1.67 bits per heavy atom. The molecule has 0 saturated carbocycles. The summed E-state index contributed by atoms with van der Waals surface area (Å²) in [4.78, 5) is 15.3. The van der Waals surface area contributed by atoms with Gasteiger partial charge in [0.15, 0.2) is 0 Å². The lowest BCUT2D eigenvalue weighted by atomic mass is 10.1. The third-order valence-electron chi connectivity index (χ3n) is 3.52. The van der Waals surface area contributed by atoms with Gasteiger partial charge in [-0.1, -0.05) is 36.4 Å². The number of carbonyl (C=O) groups is 1. The number of nitrogens with zero attached hydrogens (tertiary/aromatic N) is 1. The van der Waals surface area contributed by atoms with Gasteiger partial charge < -0.3 is 11.1 Å². The van der Waals surface area contributed by atoms with E-state index in [-0.39, 0.29) is 0 Å². The predicted octanol–water partition coefficient (Wildman–Crippen LogP) is 4.15. The number of rotatable bonds is 6. The number of allylic oxidation sites excluding steroid dienone is 2. The van der Waals surface area contributed by atoms with E-state index >= 15 is 0 Å². The van der Waals surface area contributed by atoms with E-state index in [1.54, 1.807) is 30.5 Å². The van der Waals surface area contributed by atoms with Gasteiger partial charge >= 0.3 is 0 Å². The number of primary amides is 1. The molecule has 0 spiro atoms. The first kappa shape index (κ1) is 17.2. The van der Waals surface area contributed by atoms with Gasteiger partial charge in [0, 0.05) is 17.5 Å². The maximum Gasteiger partial charge on any atom is 0.248 e. The summed E-state index contributed by atoms with van der Waals surface area (Å²) < 4.78 is 0. The zero-order valence-electron chi connectivity index (χ0n) is 13.9. The molecule has 0 aliphatic heterocycles. The highest BCUT2D eigenvalue weighted by Gasteiger charge is 1.99. The standard InChI is InChI=1S/C20H21N3O/c1-14-4-6-17(7-5-14)15(2)12-13-22-16(3)23-19-10-8-18(9-11-19)20(21)24/h4-13,23H,3H2,1-2H3,(H2,21,24)/b15-12+,22-13-. The van der Waals surface area contributed by atoms with Gasteiger partial charge in [0.1, 0.15) is 5.82 Å². The minimum atomic E-state index is -0.449. The Morgan fingerprint density at radius 3 is 2.25 bits per heavy atom. The molecule has 0 fully saturated rings. The summed E-state index contributed by atoms with van der Waals surface area (Å²) in [7, 11) is 0. The second-order valence-corrected chi connectivity index (χ2v) is 5.51. The largest absolute Gasteiger partial charge is 0.366 e. The van der Waals surface area contributed by atoms with Crippen LogP contribution in [0.4, 0.5) is 5.69 Å². The van der Waals surface area contributed by atoms with Gasteiger partial charge in [-0.3, -0.25) is 4.79 Å². The highest BCUT2D eigenvalue weighted by molar-refractivity contribution is 5.93. The van der Waals surface area contributed by atoms with Gasteiger partial charge in [0.2, 0.25) is 5.91 Å². The van der Waals surface area contributed by atoms with E-state index in [1.165, 1.54) is 5.56 Å². The quantitative estimate of drug-likeness (QED) is 0.785. The highest BCUT2D eigenvalue weighted by Crippen LogP contribution is 2.14. The summed E-state index contributed by atoms with van der Waals surface area (Å²) in [6.07, 6.45) is 3.65. The fourth-order valence-electron chi connectivity index (χ4n) is 2.07. The smallest absolute Gasteiger partial charge is 0.248 e. The molecule has 0 aliphatic carbocycles. The van der Waals surface area contributed by atoms with Crippen LogP contribution in [0.1, 0.15) is 28.4 Å². The van der Waals surface area contributed by atoms with Gasteiger partial charge in [0.25, 0.3) is 0 Å². The fraction of sp³-hybridized carbons (Fsp3) is 0.100. The molecule has 24 heavy (non-hydrogen) atoms. The van der Waals surface area contributed by atoms with E-state index in [0.717, 1.165) is 16.8 Å². The van der Waals surface area contributed by atoms with Gasteiger partial charge in [-0.2, -0.15) is 0 Å². The first-order valence-corrected chi connectivity index (χ1v) is 7.59. The normalized spacial score (nSPS) is 11.5. The number of carbonyl (C=O) groups excluding carboxylic acids is 1. The summed E-state index contributed by atoms with van der Waals surface area (Å²) in [5.41, 5.74) is 9.98. The number of benzene rings is 2. The number of aryl methyl sites for hydroxylation is 1. The Bertz CT molecular complexity index is 785. The van der Waals surface area contributed by atoms with Crippen molar-refractivity contribution in [1.82, 2.24) is 0 Å². The van der Waals surface area contributed by atoms with E-state index in [4.69, 9.17) is 5.73 Å². The molecule has 0 bridgehead atoms. The zero-order valence-corrected chi connectivity index (χ0v) is 13.9. The molecule has 4 nitrogen and oxygen atoms in total.